The van der Waals surface area contributed by atoms with Crippen LogP contribution >= 0.6 is 0 Å². The molecule has 0 bridgehead atoms. The Labute approximate surface area is 198 Å². The second kappa shape index (κ2) is 10.3. The summed E-state index contributed by atoms with van der Waals surface area (Å²) in [6, 6.07) is 16.9. The van der Waals surface area contributed by atoms with E-state index in [0.717, 1.165) is 43.6 Å². The molecule has 0 fully saturated rings. The summed E-state index contributed by atoms with van der Waals surface area (Å²) in [4.78, 5) is 23.9. The number of rotatable bonds is 9. The average Bonchev–Trinajstić information content (AvgIpc) is 2.85. The van der Waals surface area contributed by atoms with Crippen LogP contribution in [0.25, 0.3) is 0 Å². The van der Waals surface area contributed by atoms with E-state index in [-0.39, 0.29) is 17.0 Å². The summed E-state index contributed by atoms with van der Waals surface area (Å²) in [5.74, 6) is 0.266. The zero-order valence-corrected chi connectivity index (χ0v) is 19.3. The molecule has 3 aromatic rings. The number of hydrogen-bond donors (Lipinski definition) is 3. The first kappa shape index (κ1) is 23.2. The van der Waals surface area contributed by atoms with E-state index in [9.17, 15) is 14.7 Å². The second-order valence-electron chi connectivity index (χ2n) is 8.19. The topological polar surface area (TPSA) is 96.9 Å². The fourth-order valence-electron chi connectivity index (χ4n) is 3.85. The van der Waals surface area contributed by atoms with Crippen LogP contribution in [-0.4, -0.2) is 30.6 Å². The zero-order valence-electron chi connectivity index (χ0n) is 19.3. The van der Waals surface area contributed by atoms with Crippen molar-refractivity contribution in [1.82, 2.24) is 5.32 Å². The lowest BCUT2D eigenvalue weighted by Gasteiger charge is -2.24. The molecule has 1 amide bonds. The summed E-state index contributed by atoms with van der Waals surface area (Å²) < 4.78 is 11.9. The molecule has 0 saturated carbocycles. The van der Waals surface area contributed by atoms with Crippen molar-refractivity contribution in [3.8, 4) is 17.2 Å². The third-order valence-corrected chi connectivity index (χ3v) is 5.71. The SMILES string of the molecule is CCCCOc1cccc(CCc2ccc3c(c2)Oc2cc(C(=O)NC)cc(C(=O)O)c2N3)c1. The van der Waals surface area contributed by atoms with Crippen molar-refractivity contribution >= 4 is 23.3 Å². The van der Waals surface area contributed by atoms with Gasteiger partial charge in [-0.1, -0.05) is 31.5 Å². The van der Waals surface area contributed by atoms with Crippen LogP contribution in [0.4, 0.5) is 11.4 Å². The van der Waals surface area contributed by atoms with Gasteiger partial charge < -0.3 is 25.2 Å². The largest absolute Gasteiger partial charge is 0.494 e. The van der Waals surface area contributed by atoms with Gasteiger partial charge >= 0.3 is 5.97 Å². The highest BCUT2D eigenvalue weighted by Gasteiger charge is 2.25. The first-order valence-electron chi connectivity index (χ1n) is 11.4. The number of carbonyl (C=O) groups is 2. The van der Waals surface area contributed by atoms with Crippen molar-refractivity contribution in [1.29, 1.82) is 0 Å². The Morgan fingerprint density at radius 3 is 2.56 bits per heavy atom. The van der Waals surface area contributed by atoms with E-state index in [1.54, 1.807) is 6.07 Å². The van der Waals surface area contributed by atoms with Crippen molar-refractivity contribution < 1.29 is 24.2 Å². The molecule has 0 aromatic heterocycles. The second-order valence-corrected chi connectivity index (χ2v) is 8.19. The Kier molecular flexibility index (Phi) is 7.01. The Bertz CT molecular complexity index is 1220. The maximum Gasteiger partial charge on any atom is 0.337 e. The summed E-state index contributed by atoms with van der Waals surface area (Å²) in [6.07, 6.45) is 3.79. The van der Waals surface area contributed by atoms with Crippen LogP contribution in [0.15, 0.2) is 54.6 Å². The van der Waals surface area contributed by atoms with Gasteiger partial charge in [0.1, 0.15) is 5.75 Å². The number of amides is 1. The molecule has 7 nitrogen and oxygen atoms in total. The van der Waals surface area contributed by atoms with E-state index in [2.05, 4.69) is 29.7 Å². The first-order chi connectivity index (χ1) is 16.5. The number of aryl methyl sites for hydroxylation is 2. The molecule has 0 unspecified atom stereocenters. The number of benzene rings is 3. The van der Waals surface area contributed by atoms with E-state index in [1.807, 2.05) is 30.3 Å². The predicted octanol–water partition coefficient (Wildman–Crippen LogP) is 5.56. The van der Waals surface area contributed by atoms with Gasteiger partial charge in [-0.25, -0.2) is 4.79 Å². The van der Waals surface area contributed by atoms with Crippen LogP contribution in [0.5, 0.6) is 17.2 Å². The van der Waals surface area contributed by atoms with Gasteiger partial charge in [-0.05, 0) is 66.8 Å². The fraction of sp³-hybridized carbons (Fsp3) is 0.259. The molecular formula is C27H28N2O5. The van der Waals surface area contributed by atoms with Gasteiger partial charge in [0, 0.05) is 12.6 Å². The van der Waals surface area contributed by atoms with Crippen LogP contribution in [0.1, 0.15) is 51.6 Å². The summed E-state index contributed by atoms with van der Waals surface area (Å²) in [7, 11) is 1.50. The lowest BCUT2D eigenvalue weighted by Crippen LogP contribution is -2.19. The molecule has 0 radical (unpaired) electrons. The minimum Gasteiger partial charge on any atom is -0.494 e. The van der Waals surface area contributed by atoms with Gasteiger partial charge in [0.2, 0.25) is 0 Å². The smallest absolute Gasteiger partial charge is 0.337 e. The van der Waals surface area contributed by atoms with E-state index < -0.39 is 5.97 Å². The number of carbonyl (C=O) groups excluding carboxylic acids is 1. The van der Waals surface area contributed by atoms with Crippen LogP contribution in [0.3, 0.4) is 0 Å². The molecule has 1 aliphatic rings. The van der Waals surface area contributed by atoms with Gasteiger partial charge in [-0.2, -0.15) is 0 Å². The molecule has 1 heterocycles. The predicted molar refractivity (Wildman–Crippen MR) is 131 cm³/mol. The molecule has 0 aliphatic carbocycles. The highest BCUT2D eigenvalue weighted by molar-refractivity contribution is 6.03. The fourth-order valence-corrected chi connectivity index (χ4v) is 3.85. The highest BCUT2D eigenvalue weighted by atomic mass is 16.5. The normalized spacial score (nSPS) is 11.5. The zero-order chi connectivity index (χ0) is 24.1. The molecule has 1 aliphatic heterocycles. The van der Waals surface area contributed by atoms with Gasteiger partial charge in [0.05, 0.1) is 23.5 Å². The molecule has 3 aromatic carbocycles. The lowest BCUT2D eigenvalue weighted by atomic mass is 10.0. The Morgan fingerprint density at radius 1 is 1.03 bits per heavy atom. The molecule has 0 atom stereocenters. The maximum atomic E-state index is 12.1. The van der Waals surface area contributed by atoms with Gasteiger partial charge in [-0.3, -0.25) is 4.79 Å². The summed E-state index contributed by atoms with van der Waals surface area (Å²) in [5.41, 5.74) is 3.49. The maximum absolute atomic E-state index is 12.1. The Morgan fingerprint density at radius 2 is 1.82 bits per heavy atom. The summed E-state index contributed by atoms with van der Waals surface area (Å²) >= 11 is 0. The third-order valence-electron chi connectivity index (χ3n) is 5.71. The minimum absolute atomic E-state index is 0.0214. The van der Waals surface area contributed by atoms with Gasteiger partial charge in [0.25, 0.3) is 5.91 Å². The summed E-state index contributed by atoms with van der Waals surface area (Å²) in [5, 5.41) is 15.3. The summed E-state index contributed by atoms with van der Waals surface area (Å²) in [6.45, 7) is 2.86. The van der Waals surface area contributed by atoms with E-state index in [1.165, 1.54) is 18.7 Å². The first-order valence-corrected chi connectivity index (χ1v) is 11.4. The van der Waals surface area contributed by atoms with Crippen LogP contribution in [0.2, 0.25) is 0 Å². The molecule has 3 N–H and O–H groups in total. The van der Waals surface area contributed by atoms with Crippen molar-refractivity contribution in [2.24, 2.45) is 0 Å². The lowest BCUT2D eigenvalue weighted by molar-refractivity contribution is 0.0697. The van der Waals surface area contributed by atoms with Crippen molar-refractivity contribution in [3.05, 3.63) is 76.9 Å². The number of unbranched alkanes of at least 4 members (excludes halogenated alkanes) is 1. The molecule has 0 saturated heterocycles. The van der Waals surface area contributed by atoms with E-state index in [0.29, 0.717) is 22.9 Å². The number of hydrogen-bond acceptors (Lipinski definition) is 5. The van der Waals surface area contributed by atoms with Gasteiger partial charge in [0.15, 0.2) is 11.5 Å². The van der Waals surface area contributed by atoms with Crippen LogP contribution < -0.4 is 20.1 Å². The van der Waals surface area contributed by atoms with Crippen molar-refractivity contribution in [2.75, 3.05) is 19.0 Å². The number of nitrogens with one attached hydrogen (secondary N) is 2. The number of carboxylic acid groups (broad SMARTS) is 1. The molecule has 176 valence electrons. The highest BCUT2D eigenvalue weighted by Crippen LogP contribution is 2.44. The number of ether oxygens (including phenoxy) is 2. The Hall–Kier alpha value is -4.00. The van der Waals surface area contributed by atoms with Crippen LogP contribution in [-0.2, 0) is 12.8 Å². The van der Waals surface area contributed by atoms with Gasteiger partial charge in [-0.15, -0.1) is 0 Å². The van der Waals surface area contributed by atoms with Crippen molar-refractivity contribution in [2.45, 2.75) is 32.6 Å². The number of anilines is 2. The standard InChI is InChI=1S/C27H28N2O5/c1-3-4-12-33-20-7-5-6-17(13-20)8-9-18-10-11-22-23(14-18)34-24-16-19(26(30)28-2)15-21(27(31)32)25(24)29-22/h5-7,10-11,13-16,29H,3-4,8-9,12H2,1-2H3,(H,28,30)(H,31,32). The number of fused-ring (bicyclic) bond motifs is 2. The van der Waals surface area contributed by atoms with E-state index >= 15 is 0 Å². The molecule has 0 spiro atoms. The van der Waals surface area contributed by atoms with E-state index in [4.69, 9.17) is 9.47 Å². The monoisotopic (exact) mass is 460 g/mol. The number of carboxylic acids is 1. The third kappa shape index (κ3) is 5.14. The molecule has 7 heteroatoms. The van der Waals surface area contributed by atoms with Crippen LogP contribution in [0, 0.1) is 0 Å². The minimum atomic E-state index is -1.14. The quantitative estimate of drug-likeness (QED) is 0.283. The van der Waals surface area contributed by atoms with Crippen molar-refractivity contribution in [3.63, 3.8) is 0 Å². The molecule has 34 heavy (non-hydrogen) atoms. The molecular weight excluding hydrogens is 432 g/mol. The Balaban J connectivity index is 1.51. The average molecular weight is 461 g/mol. The molecule has 4 rings (SSSR count). The number of aromatic carboxylic acids is 1.